The van der Waals surface area contributed by atoms with Crippen molar-refractivity contribution in [2.24, 2.45) is 7.05 Å². The van der Waals surface area contributed by atoms with Crippen LogP contribution in [0.1, 0.15) is 12.7 Å². The normalized spacial score (nSPS) is 10.6. The number of hydrogen-bond donors (Lipinski definition) is 2. The number of nitrogens with one attached hydrogen (secondary N) is 2. The van der Waals surface area contributed by atoms with Crippen LogP contribution in [-0.4, -0.2) is 27.6 Å². The third kappa shape index (κ3) is 3.55. The van der Waals surface area contributed by atoms with Crippen molar-refractivity contribution in [3.05, 3.63) is 34.3 Å². The standard InChI is InChI=1S/C13H17Cl2N5/c1-3-16-12-9(14)8-10(15)13(19-12)18-5-4-11-17-6-7-20(11)2/h6-8H,3-5H2,1-2H3,(H2,16,18,19). The highest BCUT2D eigenvalue weighted by Crippen LogP contribution is 2.28. The van der Waals surface area contributed by atoms with E-state index < -0.39 is 0 Å². The minimum atomic E-state index is 0.511. The molecule has 0 saturated heterocycles. The molecule has 0 aliphatic heterocycles. The van der Waals surface area contributed by atoms with E-state index in [1.54, 1.807) is 12.3 Å². The molecule has 0 saturated carbocycles. The summed E-state index contributed by atoms with van der Waals surface area (Å²) in [6, 6.07) is 1.69. The number of pyridine rings is 1. The lowest BCUT2D eigenvalue weighted by Crippen LogP contribution is -2.11. The van der Waals surface area contributed by atoms with E-state index in [2.05, 4.69) is 20.6 Å². The van der Waals surface area contributed by atoms with Crippen LogP contribution in [0.3, 0.4) is 0 Å². The summed E-state index contributed by atoms with van der Waals surface area (Å²) >= 11 is 12.2. The van der Waals surface area contributed by atoms with Gasteiger partial charge in [0.25, 0.3) is 0 Å². The summed E-state index contributed by atoms with van der Waals surface area (Å²) < 4.78 is 1.99. The molecule has 0 radical (unpaired) electrons. The van der Waals surface area contributed by atoms with Crippen molar-refractivity contribution < 1.29 is 0 Å². The highest BCUT2D eigenvalue weighted by Gasteiger charge is 2.09. The smallest absolute Gasteiger partial charge is 0.147 e. The average Bonchev–Trinajstić information content (AvgIpc) is 2.81. The fourth-order valence-corrected chi connectivity index (χ4v) is 2.30. The van der Waals surface area contributed by atoms with E-state index in [-0.39, 0.29) is 0 Å². The average molecular weight is 314 g/mol. The zero-order valence-corrected chi connectivity index (χ0v) is 13.0. The summed E-state index contributed by atoms with van der Waals surface area (Å²) in [5.41, 5.74) is 0. The molecule has 0 atom stereocenters. The molecule has 20 heavy (non-hydrogen) atoms. The molecule has 2 aromatic heterocycles. The SMILES string of the molecule is CCNc1nc(NCCc2nccn2C)c(Cl)cc1Cl. The number of nitrogens with zero attached hydrogens (tertiary/aromatic N) is 3. The summed E-state index contributed by atoms with van der Waals surface area (Å²) in [7, 11) is 1.97. The molecule has 0 unspecified atom stereocenters. The van der Waals surface area contributed by atoms with Gasteiger partial charge in [-0.3, -0.25) is 0 Å². The molecular weight excluding hydrogens is 297 g/mol. The fourth-order valence-electron chi connectivity index (χ4n) is 1.81. The van der Waals surface area contributed by atoms with Crippen LogP contribution >= 0.6 is 23.2 Å². The minimum Gasteiger partial charge on any atom is -0.369 e. The number of anilines is 2. The molecule has 0 aliphatic rings. The van der Waals surface area contributed by atoms with E-state index >= 15 is 0 Å². The highest BCUT2D eigenvalue weighted by molar-refractivity contribution is 6.37. The Kier molecular flexibility index (Phi) is 5.09. The van der Waals surface area contributed by atoms with Crippen LogP contribution in [0.2, 0.25) is 10.0 Å². The van der Waals surface area contributed by atoms with Crippen LogP contribution < -0.4 is 10.6 Å². The number of rotatable bonds is 6. The largest absolute Gasteiger partial charge is 0.369 e. The van der Waals surface area contributed by atoms with E-state index in [1.165, 1.54) is 0 Å². The summed E-state index contributed by atoms with van der Waals surface area (Å²) in [5, 5.41) is 7.34. The molecule has 0 aromatic carbocycles. The third-order valence-corrected chi connectivity index (χ3v) is 3.41. The van der Waals surface area contributed by atoms with Gasteiger partial charge in [0.1, 0.15) is 17.5 Å². The Morgan fingerprint density at radius 1 is 1.20 bits per heavy atom. The van der Waals surface area contributed by atoms with E-state index in [0.717, 1.165) is 18.8 Å². The van der Waals surface area contributed by atoms with Gasteiger partial charge in [0.2, 0.25) is 0 Å². The third-order valence-electron chi connectivity index (χ3n) is 2.84. The summed E-state index contributed by atoms with van der Waals surface area (Å²) in [5.74, 6) is 2.27. The first-order chi connectivity index (χ1) is 9.61. The molecule has 0 bridgehead atoms. The number of aryl methyl sites for hydroxylation is 1. The monoisotopic (exact) mass is 313 g/mol. The van der Waals surface area contributed by atoms with Crippen molar-refractivity contribution in [3.8, 4) is 0 Å². The van der Waals surface area contributed by atoms with Gasteiger partial charge in [0.05, 0.1) is 10.0 Å². The second-order valence-corrected chi connectivity index (χ2v) is 5.13. The van der Waals surface area contributed by atoms with Crippen LogP contribution in [-0.2, 0) is 13.5 Å². The summed E-state index contributed by atoms with van der Waals surface area (Å²) in [4.78, 5) is 8.66. The number of aromatic nitrogens is 3. The highest BCUT2D eigenvalue weighted by atomic mass is 35.5. The number of halogens is 2. The molecule has 2 N–H and O–H groups in total. The van der Waals surface area contributed by atoms with Crippen molar-refractivity contribution in [2.75, 3.05) is 23.7 Å². The van der Waals surface area contributed by atoms with Gasteiger partial charge in [0, 0.05) is 39.0 Å². The Balaban J connectivity index is 2.02. The Morgan fingerprint density at radius 3 is 2.50 bits per heavy atom. The molecule has 2 rings (SSSR count). The van der Waals surface area contributed by atoms with Crippen molar-refractivity contribution in [2.45, 2.75) is 13.3 Å². The van der Waals surface area contributed by atoms with E-state index in [9.17, 15) is 0 Å². The van der Waals surface area contributed by atoms with Crippen LogP contribution in [0, 0.1) is 0 Å². The Bertz CT molecular complexity index is 582. The van der Waals surface area contributed by atoms with Crippen LogP contribution in [0.4, 0.5) is 11.6 Å². The molecule has 7 heteroatoms. The van der Waals surface area contributed by atoms with Gasteiger partial charge in [-0.15, -0.1) is 0 Å². The molecule has 2 aromatic rings. The van der Waals surface area contributed by atoms with Gasteiger partial charge < -0.3 is 15.2 Å². The first kappa shape index (κ1) is 14.9. The van der Waals surface area contributed by atoms with E-state index in [0.29, 0.717) is 28.2 Å². The van der Waals surface area contributed by atoms with Gasteiger partial charge in [-0.25, -0.2) is 9.97 Å². The Hall–Kier alpha value is -1.46. The van der Waals surface area contributed by atoms with E-state index in [1.807, 2.05) is 24.7 Å². The number of imidazole rings is 1. The van der Waals surface area contributed by atoms with Gasteiger partial charge >= 0.3 is 0 Å². The van der Waals surface area contributed by atoms with Crippen molar-refractivity contribution >= 4 is 34.8 Å². The molecule has 0 spiro atoms. The van der Waals surface area contributed by atoms with Gasteiger partial charge in [-0.2, -0.15) is 0 Å². The predicted octanol–water partition coefficient (Wildman–Crippen LogP) is 3.21. The lowest BCUT2D eigenvalue weighted by Gasteiger charge is -2.11. The van der Waals surface area contributed by atoms with Gasteiger partial charge in [0.15, 0.2) is 0 Å². The van der Waals surface area contributed by atoms with Crippen molar-refractivity contribution in [1.29, 1.82) is 0 Å². The zero-order chi connectivity index (χ0) is 14.5. The quantitative estimate of drug-likeness (QED) is 0.860. The first-order valence-corrected chi connectivity index (χ1v) is 7.17. The van der Waals surface area contributed by atoms with Gasteiger partial charge in [-0.1, -0.05) is 23.2 Å². The molecular formula is C13H17Cl2N5. The predicted molar refractivity (Wildman–Crippen MR) is 83.8 cm³/mol. The Labute approximate surface area is 128 Å². The summed E-state index contributed by atoms with van der Waals surface area (Å²) in [6.07, 6.45) is 4.50. The molecule has 0 amide bonds. The first-order valence-electron chi connectivity index (χ1n) is 6.41. The molecule has 0 aliphatic carbocycles. The maximum absolute atomic E-state index is 6.14. The zero-order valence-electron chi connectivity index (χ0n) is 11.5. The van der Waals surface area contributed by atoms with Gasteiger partial charge in [-0.05, 0) is 13.0 Å². The Morgan fingerprint density at radius 2 is 1.90 bits per heavy atom. The second kappa shape index (κ2) is 6.81. The fraction of sp³-hybridized carbons (Fsp3) is 0.385. The number of hydrogen-bond acceptors (Lipinski definition) is 4. The van der Waals surface area contributed by atoms with Crippen LogP contribution in [0.15, 0.2) is 18.5 Å². The topological polar surface area (TPSA) is 54.8 Å². The maximum Gasteiger partial charge on any atom is 0.147 e. The summed E-state index contributed by atoms with van der Waals surface area (Å²) in [6.45, 7) is 3.44. The maximum atomic E-state index is 6.14. The molecule has 108 valence electrons. The van der Waals surface area contributed by atoms with Crippen molar-refractivity contribution in [3.63, 3.8) is 0 Å². The van der Waals surface area contributed by atoms with Crippen LogP contribution in [0.25, 0.3) is 0 Å². The van der Waals surface area contributed by atoms with E-state index in [4.69, 9.17) is 23.2 Å². The second-order valence-electron chi connectivity index (χ2n) is 4.31. The molecule has 5 nitrogen and oxygen atoms in total. The lowest BCUT2D eigenvalue weighted by molar-refractivity contribution is 0.788. The molecule has 2 heterocycles. The van der Waals surface area contributed by atoms with Crippen molar-refractivity contribution in [1.82, 2.24) is 14.5 Å². The lowest BCUT2D eigenvalue weighted by atomic mass is 10.3. The minimum absolute atomic E-state index is 0.511. The molecule has 0 fully saturated rings. The van der Waals surface area contributed by atoms with Crippen LogP contribution in [0.5, 0.6) is 0 Å².